The smallest absolute Gasteiger partial charge is 0.0577 e. The van der Waals surface area contributed by atoms with Gasteiger partial charge in [0.05, 0.1) is 6.10 Å². The third kappa shape index (κ3) is 3.89. The minimum absolute atomic E-state index is 0.646. The van der Waals surface area contributed by atoms with E-state index in [-0.39, 0.29) is 0 Å². The first kappa shape index (κ1) is 8.06. The van der Waals surface area contributed by atoms with Gasteiger partial charge in [-0.1, -0.05) is 13.8 Å². The van der Waals surface area contributed by atoms with Gasteiger partial charge in [0.1, 0.15) is 0 Å². The third-order valence-corrected chi connectivity index (χ3v) is 1.80. The summed E-state index contributed by atoms with van der Waals surface area (Å²) in [6.45, 7) is 5.51. The molecule has 0 aliphatic heterocycles. The lowest BCUT2D eigenvalue weighted by molar-refractivity contribution is 0.114. The molecule has 1 aliphatic rings. The molecule has 60 valence electrons. The van der Waals surface area contributed by atoms with Crippen molar-refractivity contribution in [1.29, 1.82) is 0 Å². The average molecular weight is 142 g/mol. The van der Waals surface area contributed by atoms with Crippen LogP contribution in [0.3, 0.4) is 0 Å². The summed E-state index contributed by atoms with van der Waals surface area (Å²) >= 11 is 0. The van der Waals surface area contributed by atoms with Gasteiger partial charge in [0.25, 0.3) is 0 Å². The molecule has 0 amide bonds. The molecule has 0 unspecified atom stereocenters. The standard InChI is InChI=1S/C9H18O/c1-8(2)4-3-7-10-9-5-6-9/h8-9H,3-7H2,1-2H3. The SMILES string of the molecule is CC(C)CCCOC1CC1. The van der Waals surface area contributed by atoms with Crippen LogP contribution in [0.1, 0.15) is 39.5 Å². The molecule has 1 rings (SSSR count). The maximum absolute atomic E-state index is 5.50. The Morgan fingerprint density at radius 2 is 2.10 bits per heavy atom. The lowest BCUT2D eigenvalue weighted by Gasteiger charge is -2.03. The average Bonchev–Trinajstić information content (AvgIpc) is 2.62. The molecule has 1 nitrogen and oxygen atoms in total. The summed E-state index contributed by atoms with van der Waals surface area (Å²) < 4.78 is 5.50. The Morgan fingerprint density at radius 3 is 2.60 bits per heavy atom. The fraction of sp³-hybridized carbons (Fsp3) is 1.00. The van der Waals surface area contributed by atoms with Crippen LogP contribution in [-0.2, 0) is 4.74 Å². The van der Waals surface area contributed by atoms with Gasteiger partial charge in [0.15, 0.2) is 0 Å². The molecule has 10 heavy (non-hydrogen) atoms. The van der Waals surface area contributed by atoms with Crippen LogP contribution >= 0.6 is 0 Å². The molecule has 0 spiro atoms. The van der Waals surface area contributed by atoms with Gasteiger partial charge >= 0.3 is 0 Å². The molecule has 0 atom stereocenters. The predicted octanol–water partition coefficient (Wildman–Crippen LogP) is 2.60. The van der Waals surface area contributed by atoms with Crippen LogP contribution in [0.5, 0.6) is 0 Å². The van der Waals surface area contributed by atoms with E-state index in [2.05, 4.69) is 13.8 Å². The fourth-order valence-corrected chi connectivity index (χ4v) is 0.976. The van der Waals surface area contributed by atoms with Gasteiger partial charge < -0.3 is 4.74 Å². The van der Waals surface area contributed by atoms with Crippen molar-refractivity contribution in [2.75, 3.05) is 6.61 Å². The summed E-state index contributed by atoms with van der Waals surface area (Å²) in [4.78, 5) is 0. The summed E-state index contributed by atoms with van der Waals surface area (Å²) in [6, 6.07) is 0. The molecule has 0 aromatic rings. The van der Waals surface area contributed by atoms with Crippen LogP contribution in [0, 0.1) is 5.92 Å². The Morgan fingerprint density at radius 1 is 1.40 bits per heavy atom. The van der Waals surface area contributed by atoms with Crippen molar-refractivity contribution in [2.24, 2.45) is 5.92 Å². The molecule has 0 bridgehead atoms. The summed E-state index contributed by atoms with van der Waals surface area (Å²) in [5.74, 6) is 0.836. The second-order valence-electron chi connectivity index (χ2n) is 3.61. The fourth-order valence-electron chi connectivity index (χ4n) is 0.976. The van der Waals surface area contributed by atoms with Crippen molar-refractivity contribution in [1.82, 2.24) is 0 Å². The van der Waals surface area contributed by atoms with Crippen LogP contribution in [-0.4, -0.2) is 12.7 Å². The summed E-state index contributed by atoms with van der Waals surface area (Å²) in [5.41, 5.74) is 0. The maximum atomic E-state index is 5.50. The monoisotopic (exact) mass is 142 g/mol. The highest BCUT2D eigenvalue weighted by Gasteiger charge is 2.21. The van der Waals surface area contributed by atoms with Gasteiger partial charge in [-0.2, -0.15) is 0 Å². The zero-order valence-corrected chi connectivity index (χ0v) is 7.10. The normalized spacial score (nSPS) is 18.3. The Balaban J connectivity index is 1.76. The highest BCUT2D eigenvalue weighted by molar-refractivity contribution is 4.72. The van der Waals surface area contributed by atoms with E-state index in [4.69, 9.17) is 4.74 Å². The van der Waals surface area contributed by atoms with Gasteiger partial charge in [-0.05, 0) is 31.6 Å². The number of rotatable bonds is 5. The van der Waals surface area contributed by atoms with E-state index in [9.17, 15) is 0 Å². The number of hydrogen-bond acceptors (Lipinski definition) is 1. The molecular weight excluding hydrogens is 124 g/mol. The van der Waals surface area contributed by atoms with E-state index in [1.165, 1.54) is 25.7 Å². The van der Waals surface area contributed by atoms with E-state index in [1.807, 2.05) is 0 Å². The van der Waals surface area contributed by atoms with Crippen LogP contribution in [0.4, 0.5) is 0 Å². The molecular formula is C9H18O. The topological polar surface area (TPSA) is 9.23 Å². The molecule has 1 heteroatoms. The zero-order chi connectivity index (χ0) is 7.40. The summed E-state index contributed by atoms with van der Waals surface area (Å²) in [6.07, 6.45) is 5.82. The van der Waals surface area contributed by atoms with Gasteiger partial charge in [0, 0.05) is 6.61 Å². The zero-order valence-electron chi connectivity index (χ0n) is 7.10. The maximum Gasteiger partial charge on any atom is 0.0577 e. The van der Waals surface area contributed by atoms with E-state index in [1.54, 1.807) is 0 Å². The summed E-state index contributed by atoms with van der Waals surface area (Å²) in [7, 11) is 0. The van der Waals surface area contributed by atoms with Crippen molar-refractivity contribution >= 4 is 0 Å². The molecule has 0 aromatic carbocycles. The molecule has 0 aromatic heterocycles. The second kappa shape index (κ2) is 3.97. The van der Waals surface area contributed by atoms with Gasteiger partial charge in [0.2, 0.25) is 0 Å². The number of hydrogen-bond donors (Lipinski definition) is 0. The Kier molecular flexibility index (Phi) is 3.20. The highest BCUT2D eigenvalue weighted by Crippen LogP contribution is 2.23. The van der Waals surface area contributed by atoms with Gasteiger partial charge in [-0.25, -0.2) is 0 Å². The van der Waals surface area contributed by atoms with Crippen molar-refractivity contribution in [3.05, 3.63) is 0 Å². The van der Waals surface area contributed by atoms with Crippen molar-refractivity contribution < 1.29 is 4.74 Å². The molecule has 1 fully saturated rings. The highest BCUT2D eigenvalue weighted by atomic mass is 16.5. The van der Waals surface area contributed by atoms with E-state index in [0.717, 1.165) is 12.5 Å². The van der Waals surface area contributed by atoms with Crippen LogP contribution < -0.4 is 0 Å². The van der Waals surface area contributed by atoms with Crippen molar-refractivity contribution in [3.63, 3.8) is 0 Å². The minimum Gasteiger partial charge on any atom is -0.378 e. The van der Waals surface area contributed by atoms with Gasteiger partial charge in [-0.3, -0.25) is 0 Å². The van der Waals surface area contributed by atoms with Crippen LogP contribution in [0.25, 0.3) is 0 Å². The quantitative estimate of drug-likeness (QED) is 0.536. The molecule has 1 aliphatic carbocycles. The summed E-state index contributed by atoms with van der Waals surface area (Å²) in [5, 5.41) is 0. The largest absolute Gasteiger partial charge is 0.378 e. The lowest BCUT2D eigenvalue weighted by Crippen LogP contribution is -1.98. The first-order valence-corrected chi connectivity index (χ1v) is 4.40. The minimum atomic E-state index is 0.646. The van der Waals surface area contributed by atoms with Crippen molar-refractivity contribution in [3.8, 4) is 0 Å². The first-order chi connectivity index (χ1) is 4.79. The Bertz CT molecular complexity index is 80.7. The Labute approximate surface area is 63.8 Å². The molecule has 0 saturated heterocycles. The second-order valence-corrected chi connectivity index (χ2v) is 3.61. The lowest BCUT2D eigenvalue weighted by atomic mass is 10.1. The van der Waals surface area contributed by atoms with Gasteiger partial charge in [-0.15, -0.1) is 0 Å². The predicted molar refractivity (Wildman–Crippen MR) is 43.0 cm³/mol. The van der Waals surface area contributed by atoms with E-state index >= 15 is 0 Å². The third-order valence-electron chi connectivity index (χ3n) is 1.80. The van der Waals surface area contributed by atoms with Crippen LogP contribution in [0.15, 0.2) is 0 Å². The molecule has 0 N–H and O–H groups in total. The molecule has 0 heterocycles. The van der Waals surface area contributed by atoms with Crippen LogP contribution in [0.2, 0.25) is 0 Å². The van der Waals surface area contributed by atoms with E-state index in [0.29, 0.717) is 6.10 Å². The molecule has 1 saturated carbocycles. The molecule has 0 radical (unpaired) electrons. The van der Waals surface area contributed by atoms with E-state index < -0.39 is 0 Å². The number of ether oxygens (including phenoxy) is 1. The van der Waals surface area contributed by atoms with Crippen molar-refractivity contribution in [2.45, 2.75) is 45.6 Å². The Hall–Kier alpha value is -0.0400. The first-order valence-electron chi connectivity index (χ1n) is 4.40.